The molecule has 0 unspecified atom stereocenters. The molecule has 0 aliphatic carbocycles. The van der Waals surface area contributed by atoms with Gasteiger partial charge in [-0.1, -0.05) is 47.7 Å². The summed E-state index contributed by atoms with van der Waals surface area (Å²) in [6.07, 6.45) is 3.28. The third-order valence-electron chi connectivity index (χ3n) is 3.78. The minimum Gasteiger partial charge on any atom is -0.467 e. The standard InChI is InChI=1S/C19H12ClNO3S2/c20-13-4-1-3-12(9-13)16-7-6-14(24-16)10-17-18(22)21(19(25)26-17)11-15-5-2-8-23-15/h1-10H,11H2/b17-10-. The van der Waals surface area contributed by atoms with Crippen LogP contribution in [0.1, 0.15) is 11.5 Å². The van der Waals surface area contributed by atoms with Crippen LogP contribution in [0.3, 0.4) is 0 Å². The number of amides is 1. The van der Waals surface area contributed by atoms with Crippen molar-refractivity contribution in [2.75, 3.05) is 0 Å². The van der Waals surface area contributed by atoms with Gasteiger partial charge in [0.2, 0.25) is 0 Å². The Hall–Kier alpha value is -2.28. The van der Waals surface area contributed by atoms with E-state index in [4.69, 9.17) is 32.7 Å². The molecule has 1 fully saturated rings. The third kappa shape index (κ3) is 3.49. The Labute approximate surface area is 164 Å². The smallest absolute Gasteiger partial charge is 0.266 e. The molecule has 4 rings (SSSR count). The van der Waals surface area contributed by atoms with Gasteiger partial charge in [-0.2, -0.15) is 0 Å². The number of benzene rings is 1. The Balaban J connectivity index is 1.55. The van der Waals surface area contributed by atoms with Crippen LogP contribution in [0.2, 0.25) is 5.02 Å². The molecule has 7 heteroatoms. The lowest BCUT2D eigenvalue weighted by atomic mass is 10.2. The van der Waals surface area contributed by atoms with Crippen LogP contribution in [-0.2, 0) is 11.3 Å². The van der Waals surface area contributed by atoms with Crippen LogP contribution >= 0.6 is 35.6 Å². The summed E-state index contributed by atoms with van der Waals surface area (Å²) in [5, 5.41) is 0.638. The number of carbonyl (C=O) groups excluding carboxylic acids is 1. The SMILES string of the molecule is O=C1/C(=C/c2ccc(-c3cccc(Cl)c3)o2)SC(=S)N1Cc1ccco1. The molecular weight excluding hydrogens is 390 g/mol. The van der Waals surface area contributed by atoms with Crippen LogP contribution in [0.4, 0.5) is 0 Å². The summed E-state index contributed by atoms with van der Waals surface area (Å²) in [5.41, 5.74) is 0.877. The molecule has 1 aliphatic heterocycles. The van der Waals surface area contributed by atoms with Crippen LogP contribution in [0.5, 0.6) is 0 Å². The molecule has 0 bridgehead atoms. The van der Waals surface area contributed by atoms with E-state index in [0.717, 1.165) is 5.56 Å². The third-order valence-corrected chi connectivity index (χ3v) is 5.39. The summed E-state index contributed by atoms with van der Waals surface area (Å²) in [4.78, 5) is 14.7. The summed E-state index contributed by atoms with van der Waals surface area (Å²) in [6, 6.07) is 14.7. The van der Waals surface area contributed by atoms with Gasteiger partial charge in [-0.15, -0.1) is 0 Å². The fraction of sp³-hybridized carbons (Fsp3) is 0.0526. The Kier molecular flexibility index (Phi) is 4.72. The molecule has 1 aliphatic rings. The van der Waals surface area contributed by atoms with Crippen LogP contribution < -0.4 is 0 Å². The molecule has 1 aromatic carbocycles. The topological polar surface area (TPSA) is 46.6 Å². The molecule has 3 heterocycles. The van der Waals surface area contributed by atoms with E-state index in [1.54, 1.807) is 24.5 Å². The van der Waals surface area contributed by atoms with Crippen molar-refractivity contribution in [1.29, 1.82) is 0 Å². The molecule has 0 spiro atoms. The quantitative estimate of drug-likeness (QED) is 0.421. The van der Waals surface area contributed by atoms with Gasteiger partial charge in [-0.05, 0) is 36.4 Å². The fourth-order valence-electron chi connectivity index (χ4n) is 2.55. The zero-order valence-electron chi connectivity index (χ0n) is 13.3. The zero-order chi connectivity index (χ0) is 18.1. The van der Waals surface area contributed by atoms with Crippen molar-refractivity contribution < 1.29 is 13.6 Å². The van der Waals surface area contributed by atoms with Gasteiger partial charge >= 0.3 is 0 Å². The van der Waals surface area contributed by atoms with Gasteiger partial charge in [0.1, 0.15) is 21.6 Å². The minimum absolute atomic E-state index is 0.155. The van der Waals surface area contributed by atoms with Gasteiger partial charge in [0, 0.05) is 16.7 Å². The number of carbonyl (C=O) groups is 1. The molecule has 0 atom stereocenters. The molecule has 0 N–H and O–H groups in total. The van der Waals surface area contributed by atoms with E-state index in [0.29, 0.717) is 38.1 Å². The van der Waals surface area contributed by atoms with Crippen molar-refractivity contribution in [1.82, 2.24) is 4.90 Å². The molecule has 1 amide bonds. The van der Waals surface area contributed by atoms with E-state index in [-0.39, 0.29) is 5.91 Å². The van der Waals surface area contributed by atoms with Gasteiger partial charge < -0.3 is 8.83 Å². The molecule has 130 valence electrons. The van der Waals surface area contributed by atoms with E-state index >= 15 is 0 Å². The van der Waals surface area contributed by atoms with Crippen molar-refractivity contribution in [2.45, 2.75) is 6.54 Å². The Morgan fingerprint density at radius 1 is 1.19 bits per heavy atom. The normalized spacial score (nSPS) is 16.0. The van der Waals surface area contributed by atoms with E-state index in [2.05, 4.69) is 0 Å². The number of hydrogen-bond donors (Lipinski definition) is 0. The molecule has 0 saturated carbocycles. The fourth-order valence-corrected chi connectivity index (χ4v) is 3.98. The zero-order valence-corrected chi connectivity index (χ0v) is 15.7. The van der Waals surface area contributed by atoms with Crippen LogP contribution in [0.15, 0.2) is 68.5 Å². The van der Waals surface area contributed by atoms with Crippen LogP contribution in [0.25, 0.3) is 17.4 Å². The first kappa shape index (κ1) is 17.1. The van der Waals surface area contributed by atoms with Crippen molar-refractivity contribution in [3.63, 3.8) is 0 Å². The van der Waals surface area contributed by atoms with Crippen molar-refractivity contribution in [3.05, 3.63) is 76.2 Å². The van der Waals surface area contributed by atoms with Gasteiger partial charge in [0.25, 0.3) is 5.91 Å². The average molecular weight is 402 g/mol. The molecule has 1 saturated heterocycles. The van der Waals surface area contributed by atoms with E-state index in [9.17, 15) is 4.79 Å². The molecule has 4 nitrogen and oxygen atoms in total. The largest absolute Gasteiger partial charge is 0.467 e. The number of halogens is 1. The predicted molar refractivity (Wildman–Crippen MR) is 107 cm³/mol. The van der Waals surface area contributed by atoms with E-state index in [1.807, 2.05) is 36.4 Å². The second-order valence-electron chi connectivity index (χ2n) is 5.56. The van der Waals surface area contributed by atoms with Gasteiger partial charge in [0.15, 0.2) is 0 Å². The highest BCUT2D eigenvalue weighted by atomic mass is 35.5. The van der Waals surface area contributed by atoms with Crippen molar-refractivity contribution in [2.24, 2.45) is 0 Å². The molecule has 0 radical (unpaired) electrons. The Morgan fingerprint density at radius 2 is 2.08 bits per heavy atom. The highest BCUT2D eigenvalue weighted by Gasteiger charge is 2.32. The lowest BCUT2D eigenvalue weighted by Gasteiger charge is -2.11. The summed E-state index contributed by atoms with van der Waals surface area (Å²) in [7, 11) is 0. The average Bonchev–Trinajstić information content (AvgIpc) is 3.34. The van der Waals surface area contributed by atoms with Gasteiger partial charge in [0.05, 0.1) is 17.7 Å². The summed E-state index contributed by atoms with van der Waals surface area (Å²) >= 11 is 12.6. The first-order valence-corrected chi connectivity index (χ1v) is 9.34. The monoisotopic (exact) mass is 401 g/mol. The van der Waals surface area contributed by atoms with Crippen LogP contribution in [0, 0.1) is 0 Å². The second-order valence-corrected chi connectivity index (χ2v) is 7.67. The Morgan fingerprint density at radius 3 is 2.85 bits per heavy atom. The molecule has 3 aromatic rings. The minimum atomic E-state index is -0.155. The van der Waals surface area contributed by atoms with Crippen molar-refractivity contribution >= 4 is 51.9 Å². The maximum atomic E-state index is 12.6. The predicted octanol–water partition coefficient (Wildman–Crippen LogP) is 5.59. The number of thiocarbonyl (C=S) groups is 1. The highest BCUT2D eigenvalue weighted by molar-refractivity contribution is 8.26. The maximum Gasteiger partial charge on any atom is 0.266 e. The summed E-state index contributed by atoms with van der Waals surface area (Å²) in [5.74, 6) is 1.80. The number of nitrogens with zero attached hydrogens (tertiary/aromatic N) is 1. The van der Waals surface area contributed by atoms with E-state index < -0.39 is 0 Å². The highest BCUT2D eigenvalue weighted by Crippen LogP contribution is 2.34. The molecular formula is C19H12ClNO3S2. The molecule has 2 aromatic heterocycles. The maximum absolute atomic E-state index is 12.6. The number of furan rings is 2. The number of thioether (sulfide) groups is 1. The van der Waals surface area contributed by atoms with Gasteiger partial charge in [-0.3, -0.25) is 9.69 Å². The second kappa shape index (κ2) is 7.15. The number of hydrogen-bond acceptors (Lipinski definition) is 5. The van der Waals surface area contributed by atoms with Crippen molar-refractivity contribution in [3.8, 4) is 11.3 Å². The molecule has 26 heavy (non-hydrogen) atoms. The first-order chi connectivity index (χ1) is 12.6. The lowest BCUT2D eigenvalue weighted by molar-refractivity contribution is -0.122. The first-order valence-electron chi connectivity index (χ1n) is 7.74. The van der Waals surface area contributed by atoms with E-state index in [1.165, 1.54) is 16.7 Å². The summed E-state index contributed by atoms with van der Waals surface area (Å²) < 4.78 is 11.6. The Bertz CT molecular complexity index is 1010. The van der Waals surface area contributed by atoms with Crippen LogP contribution in [-0.4, -0.2) is 15.1 Å². The summed E-state index contributed by atoms with van der Waals surface area (Å²) in [6.45, 7) is 0.320. The number of rotatable bonds is 4. The lowest BCUT2D eigenvalue weighted by Crippen LogP contribution is -2.27. The van der Waals surface area contributed by atoms with Gasteiger partial charge in [-0.25, -0.2) is 0 Å².